The van der Waals surface area contributed by atoms with Gasteiger partial charge >= 0.3 is 0 Å². The molecule has 1 fully saturated rings. The summed E-state index contributed by atoms with van der Waals surface area (Å²) < 4.78 is 0.878. The predicted octanol–water partition coefficient (Wildman–Crippen LogP) is 3.07. The molecule has 2 rings (SSSR count). The van der Waals surface area contributed by atoms with Gasteiger partial charge in [-0.2, -0.15) is 0 Å². The Morgan fingerprint density at radius 2 is 1.80 bits per heavy atom. The molecule has 0 aliphatic carbocycles. The Labute approximate surface area is 130 Å². The second kappa shape index (κ2) is 6.39. The van der Waals surface area contributed by atoms with Crippen molar-refractivity contribution in [1.82, 2.24) is 14.9 Å². The fraction of sp³-hybridized carbons (Fsp3) is 0.733. The minimum Gasteiger partial charge on any atom is -0.354 e. The van der Waals surface area contributed by atoms with E-state index in [9.17, 15) is 0 Å². The van der Waals surface area contributed by atoms with Crippen LogP contribution in [-0.2, 0) is 5.41 Å². The summed E-state index contributed by atoms with van der Waals surface area (Å²) in [7, 11) is 0. The minimum absolute atomic E-state index is 0.0252. The van der Waals surface area contributed by atoms with Crippen molar-refractivity contribution in [3.8, 4) is 0 Å². The molecule has 0 saturated carbocycles. The molecule has 0 unspecified atom stereocenters. The van der Waals surface area contributed by atoms with Gasteiger partial charge in [0.25, 0.3) is 0 Å². The van der Waals surface area contributed by atoms with Crippen molar-refractivity contribution >= 4 is 21.7 Å². The molecule has 1 aliphatic rings. The Morgan fingerprint density at radius 1 is 1.15 bits per heavy atom. The van der Waals surface area contributed by atoms with Crippen molar-refractivity contribution in [2.75, 3.05) is 37.6 Å². The van der Waals surface area contributed by atoms with Crippen LogP contribution in [0.2, 0.25) is 0 Å². The average molecular weight is 341 g/mol. The quantitative estimate of drug-likeness (QED) is 0.791. The van der Waals surface area contributed by atoms with Crippen molar-refractivity contribution in [3.63, 3.8) is 0 Å². The fourth-order valence-electron chi connectivity index (χ4n) is 2.42. The molecule has 0 atom stereocenters. The monoisotopic (exact) mass is 340 g/mol. The number of aromatic nitrogens is 2. The van der Waals surface area contributed by atoms with Gasteiger partial charge in [-0.15, -0.1) is 0 Å². The first-order chi connectivity index (χ1) is 9.40. The van der Waals surface area contributed by atoms with E-state index < -0.39 is 0 Å². The molecule has 20 heavy (non-hydrogen) atoms. The van der Waals surface area contributed by atoms with Gasteiger partial charge in [0.2, 0.25) is 0 Å². The van der Waals surface area contributed by atoms with Gasteiger partial charge in [-0.1, -0.05) is 27.7 Å². The van der Waals surface area contributed by atoms with E-state index in [0.29, 0.717) is 0 Å². The SMILES string of the molecule is CCCN1CCN(c2cc(Br)nc(C(C)(C)C)n2)CC1. The van der Waals surface area contributed by atoms with Gasteiger partial charge in [-0.25, -0.2) is 9.97 Å². The van der Waals surface area contributed by atoms with Crippen molar-refractivity contribution in [2.45, 2.75) is 39.5 Å². The number of nitrogens with zero attached hydrogens (tertiary/aromatic N) is 4. The highest BCUT2D eigenvalue weighted by Crippen LogP contribution is 2.24. The Hall–Kier alpha value is -0.680. The number of rotatable bonds is 3. The highest BCUT2D eigenvalue weighted by Gasteiger charge is 2.22. The van der Waals surface area contributed by atoms with Gasteiger partial charge in [0, 0.05) is 37.7 Å². The summed E-state index contributed by atoms with van der Waals surface area (Å²) in [6, 6.07) is 2.03. The molecule has 1 aromatic rings. The molecule has 5 heteroatoms. The highest BCUT2D eigenvalue weighted by molar-refractivity contribution is 9.10. The first kappa shape index (κ1) is 15.7. The number of halogens is 1. The van der Waals surface area contributed by atoms with Crippen LogP contribution in [0.1, 0.15) is 39.9 Å². The lowest BCUT2D eigenvalue weighted by molar-refractivity contribution is 0.258. The van der Waals surface area contributed by atoms with E-state index in [1.807, 2.05) is 6.07 Å². The van der Waals surface area contributed by atoms with E-state index in [-0.39, 0.29) is 5.41 Å². The molecule has 0 amide bonds. The summed E-state index contributed by atoms with van der Waals surface area (Å²) in [4.78, 5) is 14.2. The number of piperazine rings is 1. The van der Waals surface area contributed by atoms with Crippen LogP contribution in [0, 0.1) is 0 Å². The summed E-state index contributed by atoms with van der Waals surface area (Å²) in [5.74, 6) is 1.95. The minimum atomic E-state index is -0.0252. The summed E-state index contributed by atoms with van der Waals surface area (Å²) in [6.45, 7) is 14.2. The topological polar surface area (TPSA) is 32.3 Å². The van der Waals surface area contributed by atoms with Crippen LogP contribution in [0.3, 0.4) is 0 Å². The van der Waals surface area contributed by atoms with E-state index in [2.05, 4.69) is 58.4 Å². The molecule has 1 saturated heterocycles. The molecule has 1 aromatic heterocycles. The summed E-state index contributed by atoms with van der Waals surface area (Å²) in [5, 5.41) is 0. The highest BCUT2D eigenvalue weighted by atomic mass is 79.9. The molecule has 0 aromatic carbocycles. The smallest absolute Gasteiger partial charge is 0.137 e. The van der Waals surface area contributed by atoms with Crippen molar-refractivity contribution in [3.05, 3.63) is 16.5 Å². The van der Waals surface area contributed by atoms with Crippen LogP contribution >= 0.6 is 15.9 Å². The summed E-state index contributed by atoms with van der Waals surface area (Å²) in [6.07, 6.45) is 1.23. The Balaban J connectivity index is 2.12. The fourth-order valence-corrected chi connectivity index (χ4v) is 2.79. The predicted molar refractivity (Wildman–Crippen MR) is 87.4 cm³/mol. The number of anilines is 1. The Kier molecular flexibility index (Phi) is 5.02. The first-order valence-corrected chi connectivity index (χ1v) is 8.22. The summed E-state index contributed by atoms with van der Waals surface area (Å²) in [5.41, 5.74) is -0.0252. The zero-order valence-electron chi connectivity index (χ0n) is 13.0. The lowest BCUT2D eigenvalue weighted by Crippen LogP contribution is -2.47. The zero-order valence-corrected chi connectivity index (χ0v) is 14.6. The third-order valence-corrected chi connectivity index (χ3v) is 3.99. The molecule has 0 spiro atoms. The second-order valence-corrected chi connectivity index (χ2v) is 7.26. The van der Waals surface area contributed by atoms with E-state index in [1.54, 1.807) is 0 Å². The largest absolute Gasteiger partial charge is 0.354 e. The van der Waals surface area contributed by atoms with Crippen molar-refractivity contribution < 1.29 is 0 Å². The maximum absolute atomic E-state index is 4.77. The van der Waals surface area contributed by atoms with E-state index in [1.165, 1.54) is 13.0 Å². The van der Waals surface area contributed by atoms with Crippen LogP contribution in [0.15, 0.2) is 10.7 Å². The summed E-state index contributed by atoms with van der Waals surface area (Å²) >= 11 is 3.52. The van der Waals surface area contributed by atoms with Gasteiger partial charge in [-0.3, -0.25) is 4.90 Å². The van der Waals surface area contributed by atoms with Crippen LogP contribution in [0.5, 0.6) is 0 Å². The van der Waals surface area contributed by atoms with E-state index in [0.717, 1.165) is 42.4 Å². The van der Waals surface area contributed by atoms with Crippen molar-refractivity contribution in [2.24, 2.45) is 0 Å². The third kappa shape index (κ3) is 3.92. The van der Waals surface area contributed by atoms with E-state index >= 15 is 0 Å². The molecule has 2 heterocycles. The number of hydrogen-bond donors (Lipinski definition) is 0. The average Bonchev–Trinajstić information content (AvgIpc) is 2.38. The van der Waals surface area contributed by atoms with Gasteiger partial charge in [0.1, 0.15) is 16.2 Å². The van der Waals surface area contributed by atoms with Crippen LogP contribution in [-0.4, -0.2) is 47.6 Å². The lowest BCUT2D eigenvalue weighted by atomic mass is 9.96. The normalized spacial score (nSPS) is 17.6. The number of hydrogen-bond acceptors (Lipinski definition) is 4. The zero-order chi connectivity index (χ0) is 14.8. The first-order valence-electron chi connectivity index (χ1n) is 7.42. The molecule has 0 N–H and O–H groups in total. The van der Waals surface area contributed by atoms with Gasteiger partial charge in [0.15, 0.2) is 0 Å². The van der Waals surface area contributed by atoms with Gasteiger partial charge in [-0.05, 0) is 28.9 Å². The molecule has 0 radical (unpaired) electrons. The maximum atomic E-state index is 4.77. The molecular formula is C15H25BrN4. The Morgan fingerprint density at radius 3 is 2.35 bits per heavy atom. The molecule has 4 nitrogen and oxygen atoms in total. The molecule has 112 valence electrons. The molecular weight excluding hydrogens is 316 g/mol. The second-order valence-electron chi connectivity index (χ2n) is 6.45. The van der Waals surface area contributed by atoms with Crippen molar-refractivity contribution in [1.29, 1.82) is 0 Å². The molecule has 1 aliphatic heterocycles. The van der Waals surface area contributed by atoms with E-state index in [4.69, 9.17) is 4.98 Å². The standard InChI is InChI=1S/C15H25BrN4/c1-5-6-19-7-9-20(10-8-19)13-11-12(16)17-14(18-13)15(2,3)4/h11H,5-10H2,1-4H3. The van der Waals surface area contributed by atoms with Crippen LogP contribution in [0.25, 0.3) is 0 Å². The van der Waals surface area contributed by atoms with Gasteiger partial charge < -0.3 is 4.90 Å². The third-order valence-electron chi connectivity index (χ3n) is 3.59. The van der Waals surface area contributed by atoms with Crippen LogP contribution < -0.4 is 4.90 Å². The van der Waals surface area contributed by atoms with Crippen LogP contribution in [0.4, 0.5) is 5.82 Å². The van der Waals surface area contributed by atoms with Gasteiger partial charge in [0.05, 0.1) is 0 Å². The lowest BCUT2D eigenvalue weighted by Gasteiger charge is -2.35. The maximum Gasteiger partial charge on any atom is 0.137 e. The Bertz CT molecular complexity index is 448. The molecule has 0 bridgehead atoms.